The van der Waals surface area contributed by atoms with Crippen LogP contribution in [0.3, 0.4) is 0 Å². The number of rotatable bonds is 6. The quantitative estimate of drug-likeness (QED) is 0.646. The van der Waals surface area contributed by atoms with Crippen LogP contribution in [0.25, 0.3) is 0 Å². The van der Waals surface area contributed by atoms with Crippen molar-refractivity contribution in [2.75, 3.05) is 17.2 Å². The summed E-state index contributed by atoms with van der Waals surface area (Å²) in [6.07, 6.45) is 1.68. The molecule has 3 aromatic rings. The maximum Gasteiger partial charge on any atom is 0.248 e. The van der Waals surface area contributed by atoms with Crippen molar-refractivity contribution in [3.63, 3.8) is 0 Å². The van der Waals surface area contributed by atoms with E-state index in [4.69, 9.17) is 17.0 Å². The Kier molecular flexibility index (Phi) is 5.80. The van der Waals surface area contributed by atoms with Crippen LogP contribution < -0.4 is 15.4 Å². The van der Waals surface area contributed by atoms with Crippen LogP contribution in [0.5, 0.6) is 5.75 Å². The average Bonchev–Trinajstić information content (AvgIpc) is 3.03. The molecule has 1 heterocycles. The largest absolute Gasteiger partial charge is 0.494 e. The molecule has 134 valence electrons. The van der Waals surface area contributed by atoms with E-state index in [1.54, 1.807) is 11.0 Å². The summed E-state index contributed by atoms with van der Waals surface area (Å²) in [4.78, 5) is 4.25. The third-order valence-electron chi connectivity index (χ3n) is 3.61. The molecule has 0 saturated heterocycles. The first kappa shape index (κ1) is 17.9. The summed E-state index contributed by atoms with van der Waals surface area (Å²) in [6.45, 7) is 5.33. The molecule has 0 bridgehead atoms. The van der Waals surface area contributed by atoms with E-state index in [0.29, 0.717) is 24.2 Å². The standard InChI is InChI=1S/C19H21N5OS/c1-3-25-17-9-7-16(8-10-17)21-19(26)22-18-20-13-24(23-18)12-15-6-4-5-14(2)11-15/h4-11,13H,3,12H2,1-2H3,(H2,21,22,23,26). The minimum atomic E-state index is 0.433. The Hall–Kier alpha value is -2.93. The van der Waals surface area contributed by atoms with E-state index in [1.807, 2.05) is 37.3 Å². The van der Waals surface area contributed by atoms with Gasteiger partial charge in [0.05, 0.1) is 13.2 Å². The third-order valence-corrected chi connectivity index (χ3v) is 3.82. The minimum absolute atomic E-state index is 0.433. The van der Waals surface area contributed by atoms with Gasteiger partial charge in [-0.1, -0.05) is 29.8 Å². The van der Waals surface area contributed by atoms with E-state index in [0.717, 1.165) is 11.4 Å². The van der Waals surface area contributed by atoms with Gasteiger partial charge in [-0.2, -0.15) is 0 Å². The summed E-state index contributed by atoms with van der Waals surface area (Å²) >= 11 is 5.32. The van der Waals surface area contributed by atoms with E-state index in [2.05, 4.69) is 45.8 Å². The van der Waals surface area contributed by atoms with Crippen LogP contribution in [0, 0.1) is 6.92 Å². The van der Waals surface area contributed by atoms with Gasteiger partial charge in [-0.3, -0.25) is 5.32 Å². The molecule has 0 aliphatic carbocycles. The zero-order chi connectivity index (χ0) is 18.4. The van der Waals surface area contributed by atoms with Crippen molar-refractivity contribution in [3.8, 4) is 5.75 Å². The second kappa shape index (κ2) is 8.44. The number of benzene rings is 2. The predicted octanol–water partition coefficient (Wildman–Crippen LogP) is 3.84. The highest BCUT2D eigenvalue weighted by atomic mass is 32.1. The van der Waals surface area contributed by atoms with E-state index in [9.17, 15) is 0 Å². The molecule has 0 spiro atoms. The molecule has 7 heteroatoms. The van der Waals surface area contributed by atoms with Crippen LogP contribution in [-0.2, 0) is 6.54 Å². The Bertz CT molecular complexity index is 876. The van der Waals surface area contributed by atoms with Crippen LogP contribution in [0.15, 0.2) is 54.9 Å². The first-order valence-electron chi connectivity index (χ1n) is 8.38. The summed E-state index contributed by atoms with van der Waals surface area (Å²) in [5.74, 6) is 1.29. The van der Waals surface area contributed by atoms with Gasteiger partial charge in [-0.25, -0.2) is 9.67 Å². The van der Waals surface area contributed by atoms with E-state index >= 15 is 0 Å². The summed E-state index contributed by atoms with van der Waals surface area (Å²) in [6, 6.07) is 15.9. The van der Waals surface area contributed by atoms with Crippen molar-refractivity contribution in [1.29, 1.82) is 0 Å². The van der Waals surface area contributed by atoms with Crippen molar-refractivity contribution >= 4 is 29.0 Å². The topological polar surface area (TPSA) is 64.0 Å². The van der Waals surface area contributed by atoms with Gasteiger partial charge in [0.2, 0.25) is 5.95 Å². The number of aryl methyl sites for hydroxylation is 1. The summed E-state index contributed by atoms with van der Waals surface area (Å²) in [5, 5.41) is 10.9. The van der Waals surface area contributed by atoms with E-state index in [-0.39, 0.29) is 0 Å². The van der Waals surface area contributed by atoms with Crippen LogP contribution in [-0.4, -0.2) is 26.5 Å². The smallest absolute Gasteiger partial charge is 0.248 e. The molecule has 2 N–H and O–H groups in total. The fraction of sp³-hybridized carbons (Fsp3) is 0.211. The Morgan fingerprint density at radius 3 is 2.69 bits per heavy atom. The number of ether oxygens (including phenoxy) is 1. The van der Waals surface area contributed by atoms with Gasteiger partial charge in [0.25, 0.3) is 0 Å². The fourth-order valence-electron chi connectivity index (χ4n) is 2.49. The number of nitrogens with zero attached hydrogens (tertiary/aromatic N) is 3. The number of hydrogen-bond acceptors (Lipinski definition) is 4. The van der Waals surface area contributed by atoms with E-state index in [1.165, 1.54) is 11.1 Å². The minimum Gasteiger partial charge on any atom is -0.494 e. The number of aromatic nitrogens is 3. The lowest BCUT2D eigenvalue weighted by Gasteiger charge is -2.09. The molecule has 2 aromatic carbocycles. The molecule has 1 aromatic heterocycles. The fourth-order valence-corrected chi connectivity index (χ4v) is 2.70. The second-order valence-electron chi connectivity index (χ2n) is 5.79. The van der Waals surface area contributed by atoms with Crippen LogP contribution >= 0.6 is 12.2 Å². The molecule has 0 atom stereocenters. The van der Waals surface area contributed by atoms with Crippen molar-refractivity contribution in [3.05, 3.63) is 66.0 Å². The maximum atomic E-state index is 5.42. The Balaban J connectivity index is 1.55. The average molecular weight is 367 g/mol. The highest BCUT2D eigenvalue weighted by molar-refractivity contribution is 7.80. The lowest BCUT2D eigenvalue weighted by Crippen LogP contribution is -2.20. The maximum absolute atomic E-state index is 5.42. The van der Waals surface area contributed by atoms with Gasteiger partial charge in [0, 0.05) is 5.69 Å². The zero-order valence-corrected chi connectivity index (χ0v) is 15.6. The molecule has 0 saturated carbocycles. The van der Waals surface area contributed by atoms with Gasteiger partial charge in [0.15, 0.2) is 5.11 Å². The Morgan fingerprint density at radius 2 is 1.96 bits per heavy atom. The normalized spacial score (nSPS) is 10.4. The molecule has 0 amide bonds. The lowest BCUT2D eigenvalue weighted by molar-refractivity contribution is 0.340. The first-order valence-corrected chi connectivity index (χ1v) is 8.79. The molecule has 0 aliphatic rings. The number of hydrogen-bond donors (Lipinski definition) is 2. The number of anilines is 2. The zero-order valence-electron chi connectivity index (χ0n) is 14.8. The molecule has 0 unspecified atom stereocenters. The molecule has 0 radical (unpaired) electrons. The third kappa shape index (κ3) is 5.03. The van der Waals surface area contributed by atoms with Gasteiger partial charge in [0.1, 0.15) is 12.1 Å². The molecular weight excluding hydrogens is 346 g/mol. The highest BCUT2D eigenvalue weighted by Crippen LogP contribution is 2.16. The predicted molar refractivity (Wildman–Crippen MR) is 108 cm³/mol. The van der Waals surface area contributed by atoms with Crippen molar-refractivity contribution < 1.29 is 4.74 Å². The monoisotopic (exact) mass is 367 g/mol. The summed E-state index contributed by atoms with van der Waals surface area (Å²) < 4.78 is 7.20. The SMILES string of the molecule is CCOc1ccc(NC(=S)Nc2ncn(Cc3cccc(C)c3)n2)cc1. The molecular formula is C19H21N5OS. The second-order valence-corrected chi connectivity index (χ2v) is 6.20. The van der Waals surface area contributed by atoms with Crippen molar-refractivity contribution in [1.82, 2.24) is 14.8 Å². The highest BCUT2D eigenvalue weighted by Gasteiger charge is 2.05. The van der Waals surface area contributed by atoms with Crippen LogP contribution in [0.2, 0.25) is 0 Å². The molecule has 6 nitrogen and oxygen atoms in total. The Morgan fingerprint density at radius 1 is 1.15 bits per heavy atom. The summed E-state index contributed by atoms with van der Waals surface area (Å²) in [7, 11) is 0. The van der Waals surface area contributed by atoms with Crippen molar-refractivity contribution in [2.24, 2.45) is 0 Å². The molecule has 3 rings (SSSR count). The van der Waals surface area contributed by atoms with Crippen LogP contribution in [0.1, 0.15) is 18.1 Å². The molecule has 26 heavy (non-hydrogen) atoms. The molecule has 0 fully saturated rings. The number of thiocarbonyl (C=S) groups is 1. The molecule has 0 aliphatic heterocycles. The van der Waals surface area contributed by atoms with Crippen molar-refractivity contribution in [2.45, 2.75) is 20.4 Å². The number of nitrogens with one attached hydrogen (secondary N) is 2. The summed E-state index contributed by atoms with van der Waals surface area (Å²) in [5.41, 5.74) is 3.27. The lowest BCUT2D eigenvalue weighted by atomic mass is 10.1. The van der Waals surface area contributed by atoms with Gasteiger partial charge in [-0.05, 0) is 55.9 Å². The first-order chi connectivity index (χ1) is 12.6. The van der Waals surface area contributed by atoms with Gasteiger partial charge in [-0.15, -0.1) is 5.10 Å². The van der Waals surface area contributed by atoms with Crippen LogP contribution in [0.4, 0.5) is 11.6 Å². The van der Waals surface area contributed by atoms with E-state index < -0.39 is 0 Å². The van der Waals surface area contributed by atoms with Gasteiger partial charge >= 0.3 is 0 Å². The Labute approximate surface area is 158 Å². The van der Waals surface area contributed by atoms with Gasteiger partial charge < -0.3 is 10.1 Å².